The van der Waals surface area contributed by atoms with Crippen molar-refractivity contribution in [2.45, 2.75) is 0 Å². The average Bonchev–Trinajstić information content (AvgIpc) is 2.06. The van der Waals surface area contributed by atoms with E-state index in [1.54, 1.807) is 6.20 Å². The molecular weight excluding hydrogens is 136 g/mol. The molecule has 0 bridgehead atoms. The highest BCUT2D eigenvalue weighted by Crippen LogP contribution is 2.13. The van der Waals surface area contributed by atoms with Gasteiger partial charge in [-0.25, -0.2) is 0 Å². The van der Waals surface area contributed by atoms with Crippen LogP contribution in [0.25, 0.3) is 0 Å². The van der Waals surface area contributed by atoms with Crippen molar-refractivity contribution in [3.8, 4) is 0 Å². The molecule has 0 aliphatic carbocycles. The van der Waals surface area contributed by atoms with Crippen molar-refractivity contribution >= 4 is 11.4 Å². The standard InChI is InChI=1S/C9H12N2/c1-3-11-9-6-4-5-8(7-9)10-2/h3-7,10-11H,1H2,2H3. The molecule has 1 aromatic carbocycles. The van der Waals surface area contributed by atoms with Crippen molar-refractivity contribution in [3.05, 3.63) is 37.0 Å². The Labute approximate surface area is 66.9 Å². The molecule has 0 amide bonds. The lowest BCUT2D eigenvalue weighted by Gasteiger charge is -2.03. The van der Waals surface area contributed by atoms with Crippen molar-refractivity contribution in [2.24, 2.45) is 0 Å². The Morgan fingerprint density at radius 1 is 1.36 bits per heavy atom. The van der Waals surface area contributed by atoms with Gasteiger partial charge in [0.2, 0.25) is 0 Å². The van der Waals surface area contributed by atoms with E-state index in [-0.39, 0.29) is 0 Å². The number of anilines is 2. The van der Waals surface area contributed by atoms with Gasteiger partial charge < -0.3 is 10.6 Å². The second-order valence-electron chi connectivity index (χ2n) is 2.18. The first-order valence-electron chi connectivity index (χ1n) is 3.52. The minimum atomic E-state index is 1.05. The Morgan fingerprint density at radius 2 is 2.09 bits per heavy atom. The fourth-order valence-electron chi connectivity index (χ4n) is 0.882. The van der Waals surface area contributed by atoms with Gasteiger partial charge in [0.25, 0.3) is 0 Å². The molecule has 1 aromatic rings. The fourth-order valence-corrected chi connectivity index (χ4v) is 0.882. The minimum Gasteiger partial charge on any atom is -0.388 e. The number of benzene rings is 1. The van der Waals surface area contributed by atoms with Crippen LogP contribution in [0.15, 0.2) is 37.0 Å². The van der Waals surface area contributed by atoms with Crippen molar-refractivity contribution < 1.29 is 0 Å². The molecule has 0 atom stereocenters. The summed E-state index contributed by atoms with van der Waals surface area (Å²) in [6.45, 7) is 3.58. The van der Waals surface area contributed by atoms with Crippen LogP contribution in [-0.4, -0.2) is 7.05 Å². The van der Waals surface area contributed by atoms with Gasteiger partial charge in [-0.2, -0.15) is 0 Å². The highest BCUT2D eigenvalue weighted by atomic mass is 14.9. The predicted octanol–water partition coefficient (Wildman–Crippen LogP) is 2.28. The van der Waals surface area contributed by atoms with E-state index in [2.05, 4.69) is 17.2 Å². The third kappa shape index (κ3) is 2.00. The summed E-state index contributed by atoms with van der Waals surface area (Å²) in [6.07, 6.45) is 1.66. The second-order valence-corrected chi connectivity index (χ2v) is 2.18. The fraction of sp³-hybridized carbons (Fsp3) is 0.111. The first kappa shape index (κ1) is 7.66. The summed E-state index contributed by atoms with van der Waals surface area (Å²) in [4.78, 5) is 0. The molecule has 2 N–H and O–H groups in total. The van der Waals surface area contributed by atoms with Crippen LogP contribution in [0.1, 0.15) is 0 Å². The smallest absolute Gasteiger partial charge is 0.0400 e. The molecule has 2 heteroatoms. The highest BCUT2D eigenvalue weighted by molar-refractivity contribution is 5.57. The van der Waals surface area contributed by atoms with Gasteiger partial charge in [0.15, 0.2) is 0 Å². The molecule has 0 spiro atoms. The van der Waals surface area contributed by atoms with Gasteiger partial charge in [-0.05, 0) is 24.4 Å². The summed E-state index contributed by atoms with van der Waals surface area (Å²) in [6, 6.07) is 8.00. The molecule has 0 saturated carbocycles. The Bertz CT molecular complexity index is 243. The summed E-state index contributed by atoms with van der Waals surface area (Å²) in [5.41, 5.74) is 2.14. The van der Waals surface area contributed by atoms with E-state index in [4.69, 9.17) is 0 Å². The van der Waals surface area contributed by atoms with Gasteiger partial charge in [0.1, 0.15) is 0 Å². The van der Waals surface area contributed by atoms with Crippen molar-refractivity contribution in [3.63, 3.8) is 0 Å². The first-order valence-corrected chi connectivity index (χ1v) is 3.52. The predicted molar refractivity (Wildman–Crippen MR) is 49.8 cm³/mol. The van der Waals surface area contributed by atoms with E-state index < -0.39 is 0 Å². The summed E-state index contributed by atoms with van der Waals surface area (Å²) >= 11 is 0. The molecular formula is C9H12N2. The minimum absolute atomic E-state index is 1.05. The first-order chi connectivity index (χ1) is 5.36. The zero-order chi connectivity index (χ0) is 8.10. The third-order valence-electron chi connectivity index (χ3n) is 1.42. The van der Waals surface area contributed by atoms with Gasteiger partial charge in [0, 0.05) is 18.4 Å². The lowest BCUT2D eigenvalue weighted by Crippen LogP contribution is -1.90. The van der Waals surface area contributed by atoms with Crippen molar-refractivity contribution in [1.29, 1.82) is 0 Å². The second kappa shape index (κ2) is 3.66. The Morgan fingerprint density at radius 3 is 2.73 bits per heavy atom. The molecule has 0 radical (unpaired) electrons. The molecule has 0 aromatic heterocycles. The van der Waals surface area contributed by atoms with E-state index in [0.29, 0.717) is 0 Å². The van der Waals surface area contributed by atoms with Gasteiger partial charge in [-0.3, -0.25) is 0 Å². The largest absolute Gasteiger partial charge is 0.388 e. The van der Waals surface area contributed by atoms with Crippen LogP contribution in [0.3, 0.4) is 0 Å². The zero-order valence-electron chi connectivity index (χ0n) is 6.59. The molecule has 1 rings (SSSR count). The van der Waals surface area contributed by atoms with Crippen molar-refractivity contribution in [2.75, 3.05) is 17.7 Å². The van der Waals surface area contributed by atoms with Crippen LogP contribution in [0.2, 0.25) is 0 Å². The van der Waals surface area contributed by atoms with Gasteiger partial charge in [-0.1, -0.05) is 12.6 Å². The van der Waals surface area contributed by atoms with E-state index in [1.165, 1.54) is 0 Å². The number of nitrogens with one attached hydrogen (secondary N) is 2. The molecule has 0 fully saturated rings. The van der Waals surface area contributed by atoms with Crippen LogP contribution < -0.4 is 10.6 Å². The molecule has 0 heterocycles. The summed E-state index contributed by atoms with van der Waals surface area (Å²) in [7, 11) is 1.90. The molecule has 0 unspecified atom stereocenters. The van der Waals surface area contributed by atoms with E-state index >= 15 is 0 Å². The molecule has 0 saturated heterocycles. The number of hydrogen-bond donors (Lipinski definition) is 2. The molecule has 0 aliphatic heterocycles. The number of hydrogen-bond acceptors (Lipinski definition) is 2. The van der Waals surface area contributed by atoms with Gasteiger partial charge >= 0.3 is 0 Å². The Hall–Kier alpha value is -1.44. The van der Waals surface area contributed by atoms with Crippen LogP contribution in [-0.2, 0) is 0 Å². The highest BCUT2D eigenvalue weighted by Gasteiger charge is 1.89. The van der Waals surface area contributed by atoms with Gasteiger partial charge in [-0.15, -0.1) is 0 Å². The van der Waals surface area contributed by atoms with Crippen LogP contribution >= 0.6 is 0 Å². The molecule has 11 heavy (non-hydrogen) atoms. The monoisotopic (exact) mass is 148 g/mol. The summed E-state index contributed by atoms with van der Waals surface area (Å²) < 4.78 is 0. The summed E-state index contributed by atoms with van der Waals surface area (Å²) in [5.74, 6) is 0. The van der Waals surface area contributed by atoms with Crippen LogP contribution in [0.5, 0.6) is 0 Å². The maximum absolute atomic E-state index is 3.58. The maximum atomic E-state index is 3.58. The topological polar surface area (TPSA) is 24.1 Å². The molecule has 0 aliphatic rings. The lowest BCUT2D eigenvalue weighted by molar-refractivity contribution is 1.50. The average molecular weight is 148 g/mol. The van der Waals surface area contributed by atoms with Gasteiger partial charge in [0.05, 0.1) is 0 Å². The summed E-state index contributed by atoms with van der Waals surface area (Å²) in [5, 5.41) is 6.06. The lowest BCUT2D eigenvalue weighted by atomic mass is 10.3. The quantitative estimate of drug-likeness (QED) is 0.687. The maximum Gasteiger partial charge on any atom is 0.0400 e. The SMILES string of the molecule is C=CNc1cccc(NC)c1. The number of rotatable bonds is 3. The van der Waals surface area contributed by atoms with E-state index in [9.17, 15) is 0 Å². The normalized spacial score (nSPS) is 8.82. The Kier molecular flexibility index (Phi) is 2.55. The molecule has 58 valence electrons. The third-order valence-corrected chi connectivity index (χ3v) is 1.42. The molecule has 2 nitrogen and oxygen atoms in total. The Balaban J connectivity index is 2.82. The van der Waals surface area contributed by atoms with Crippen LogP contribution in [0.4, 0.5) is 11.4 Å². The van der Waals surface area contributed by atoms with Crippen molar-refractivity contribution in [1.82, 2.24) is 0 Å². The van der Waals surface area contributed by atoms with E-state index in [1.807, 2.05) is 31.3 Å². The van der Waals surface area contributed by atoms with E-state index in [0.717, 1.165) is 11.4 Å². The van der Waals surface area contributed by atoms with Crippen LogP contribution in [0, 0.1) is 0 Å². The zero-order valence-corrected chi connectivity index (χ0v) is 6.59.